The number of nitro groups is 1. The number of carbonyl (C=O) groups excluding carboxylic acids is 3. The molecule has 1 N–H and O–H groups in total. The lowest BCUT2D eigenvalue weighted by atomic mass is 10.1. The van der Waals surface area contributed by atoms with Gasteiger partial charge in [0, 0.05) is 27.9 Å². The summed E-state index contributed by atoms with van der Waals surface area (Å²) in [6, 6.07) is 16.3. The molecule has 1 fully saturated rings. The van der Waals surface area contributed by atoms with Crippen LogP contribution in [0.4, 0.5) is 20.6 Å². The first-order valence-corrected chi connectivity index (χ1v) is 12.3. The zero-order valence-corrected chi connectivity index (χ0v) is 21.3. The van der Waals surface area contributed by atoms with Gasteiger partial charge in [-0.25, -0.2) is 4.39 Å². The summed E-state index contributed by atoms with van der Waals surface area (Å²) in [6.45, 7) is -0.501. The molecule has 4 rings (SSSR count). The SMILES string of the molecule is O=C(CN1C(=O)S/C(=C/c2cc(Br)ccc2OCc2cccc([N+](=O)[O-])c2)C1=O)Nc1cccc(F)c1. The maximum absolute atomic E-state index is 13.3. The molecule has 0 radical (unpaired) electrons. The number of benzene rings is 3. The molecule has 9 nitrogen and oxygen atoms in total. The zero-order chi connectivity index (χ0) is 26.5. The first-order chi connectivity index (χ1) is 17.7. The number of thioether (sulfide) groups is 1. The summed E-state index contributed by atoms with van der Waals surface area (Å²) < 4.78 is 19.9. The number of nitrogens with one attached hydrogen (secondary N) is 1. The van der Waals surface area contributed by atoms with E-state index in [9.17, 15) is 28.9 Å². The van der Waals surface area contributed by atoms with Crippen molar-refractivity contribution in [2.24, 2.45) is 0 Å². The van der Waals surface area contributed by atoms with Crippen LogP contribution in [-0.2, 0) is 16.2 Å². The fourth-order valence-electron chi connectivity index (χ4n) is 3.37. The second-order valence-electron chi connectivity index (χ2n) is 7.72. The van der Waals surface area contributed by atoms with E-state index in [1.54, 1.807) is 30.3 Å². The van der Waals surface area contributed by atoms with Gasteiger partial charge in [-0.05, 0) is 59.8 Å². The van der Waals surface area contributed by atoms with Crippen LogP contribution in [0.25, 0.3) is 6.08 Å². The lowest BCUT2D eigenvalue weighted by Gasteiger charge is -2.13. The highest BCUT2D eigenvalue weighted by atomic mass is 79.9. The van der Waals surface area contributed by atoms with Crippen LogP contribution in [0.1, 0.15) is 11.1 Å². The molecule has 3 amide bonds. The molecule has 0 spiro atoms. The molecule has 188 valence electrons. The van der Waals surface area contributed by atoms with Crippen LogP contribution < -0.4 is 10.1 Å². The summed E-state index contributed by atoms with van der Waals surface area (Å²) in [4.78, 5) is 49.1. The van der Waals surface area contributed by atoms with Crippen molar-refractivity contribution in [1.29, 1.82) is 0 Å². The van der Waals surface area contributed by atoms with E-state index in [4.69, 9.17) is 4.74 Å². The normalized spacial score (nSPS) is 14.2. The van der Waals surface area contributed by atoms with Crippen molar-refractivity contribution in [2.45, 2.75) is 6.61 Å². The first-order valence-electron chi connectivity index (χ1n) is 10.7. The molecule has 1 aliphatic heterocycles. The number of ether oxygens (including phenoxy) is 1. The second kappa shape index (κ2) is 11.4. The van der Waals surface area contributed by atoms with Gasteiger partial charge in [0.1, 0.15) is 24.7 Å². The highest BCUT2D eigenvalue weighted by Crippen LogP contribution is 2.35. The maximum Gasteiger partial charge on any atom is 0.294 e. The van der Waals surface area contributed by atoms with Crippen molar-refractivity contribution >= 4 is 62.2 Å². The summed E-state index contributed by atoms with van der Waals surface area (Å²) in [5.74, 6) is -1.47. The van der Waals surface area contributed by atoms with E-state index in [1.165, 1.54) is 36.4 Å². The number of anilines is 1. The third-order valence-corrected chi connectivity index (χ3v) is 6.46. The van der Waals surface area contributed by atoms with E-state index in [-0.39, 0.29) is 22.9 Å². The predicted octanol–water partition coefficient (Wildman–Crippen LogP) is 5.75. The van der Waals surface area contributed by atoms with Crippen LogP contribution in [0.5, 0.6) is 5.75 Å². The van der Waals surface area contributed by atoms with Gasteiger partial charge in [0.15, 0.2) is 0 Å². The Labute approximate surface area is 222 Å². The van der Waals surface area contributed by atoms with Crippen LogP contribution in [0, 0.1) is 15.9 Å². The van der Waals surface area contributed by atoms with Crippen molar-refractivity contribution in [3.05, 3.63) is 103 Å². The Morgan fingerprint density at radius 3 is 2.68 bits per heavy atom. The number of nitro benzene ring substituents is 1. The second-order valence-corrected chi connectivity index (χ2v) is 9.63. The predicted molar refractivity (Wildman–Crippen MR) is 139 cm³/mol. The fraction of sp³-hybridized carbons (Fsp3) is 0.0800. The van der Waals surface area contributed by atoms with E-state index in [0.717, 1.165) is 11.0 Å². The van der Waals surface area contributed by atoms with Gasteiger partial charge in [0.05, 0.1) is 9.83 Å². The molecule has 1 saturated heterocycles. The van der Waals surface area contributed by atoms with Crippen LogP contribution in [0.15, 0.2) is 76.1 Å². The van der Waals surface area contributed by atoms with Crippen LogP contribution in [-0.4, -0.2) is 33.4 Å². The molecular weight excluding hydrogens is 569 g/mol. The topological polar surface area (TPSA) is 119 Å². The quantitative estimate of drug-likeness (QED) is 0.203. The molecule has 0 atom stereocenters. The number of hydrogen-bond donors (Lipinski definition) is 1. The molecule has 3 aromatic carbocycles. The molecule has 37 heavy (non-hydrogen) atoms. The van der Waals surface area contributed by atoms with Gasteiger partial charge >= 0.3 is 0 Å². The molecule has 1 aliphatic rings. The van der Waals surface area contributed by atoms with Gasteiger partial charge in [0.25, 0.3) is 16.8 Å². The Kier molecular flexibility index (Phi) is 7.99. The molecule has 1 heterocycles. The van der Waals surface area contributed by atoms with Gasteiger partial charge in [-0.1, -0.05) is 34.1 Å². The Morgan fingerprint density at radius 1 is 1.14 bits per heavy atom. The van der Waals surface area contributed by atoms with E-state index in [0.29, 0.717) is 33.1 Å². The summed E-state index contributed by atoms with van der Waals surface area (Å²) in [5, 5.41) is 12.8. The van der Waals surface area contributed by atoms with Gasteiger partial charge in [-0.2, -0.15) is 0 Å². The zero-order valence-electron chi connectivity index (χ0n) is 18.9. The number of nitrogens with zero attached hydrogens (tertiary/aromatic N) is 2. The summed E-state index contributed by atoms with van der Waals surface area (Å²) in [6.07, 6.45) is 1.48. The maximum atomic E-state index is 13.3. The highest BCUT2D eigenvalue weighted by molar-refractivity contribution is 9.10. The Hall–Kier alpha value is -4.03. The Morgan fingerprint density at radius 2 is 1.92 bits per heavy atom. The minimum Gasteiger partial charge on any atom is -0.488 e. The smallest absolute Gasteiger partial charge is 0.294 e. The van der Waals surface area contributed by atoms with E-state index >= 15 is 0 Å². The largest absolute Gasteiger partial charge is 0.488 e. The summed E-state index contributed by atoms with van der Waals surface area (Å²) >= 11 is 4.04. The number of non-ortho nitro benzene ring substituents is 1. The molecule has 3 aromatic rings. The van der Waals surface area contributed by atoms with E-state index in [1.807, 2.05) is 0 Å². The third kappa shape index (κ3) is 6.60. The van der Waals surface area contributed by atoms with Crippen molar-refractivity contribution in [1.82, 2.24) is 4.90 Å². The Balaban J connectivity index is 1.48. The van der Waals surface area contributed by atoms with Gasteiger partial charge in [-0.3, -0.25) is 29.4 Å². The molecule has 12 heteroatoms. The van der Waals surface area contributed by atoms with Crippen molar-refractivity contribution < 1.29 is 28.4 Å². The molecule has 0 bridgehead atoms. The lowest BCUT2D eigenvalue weighted by Crippen LogP contribution is -2.36. The number of hydrogen-bond acceptors (Lipinski definition) is 7. The van der Waals surface area contributed by atoms with Gasteiger partial charge in [0.2, 0.25) is 5.91 Å². The van der Waals surface area contributed by atoms with Gasteiger partial charge in [-0.15, -0.1) is 0 Å². The molecular formula is C25H17BrFN3O6S. The molecule has 0 aromatic heterocycles. The van der Waals surface area contributed by atoms with Crippen molar-refractivity contribution in [2.75, 3.05) is 11.9 Å². The number of carbonyl (C=O) groups is 3. The van der Waals surface area contributed by atoms with Gasteiger partial charge < -0.3 is 10.1 Å². The first kappa shape index (κ1) is 26.0. The Bertz CT molecular complexity index is 1450. The van der Waals surface area contributed by atoms with E-state index in [2.05, 4.69) is 21.2 Å². The lowest BCUT2D eigenvalue weighted by molar-refractivity contribution is -0.384. The summed E-state index contributed by atoms with van der Waals surface area (Å²) in [5.41, 5.74) is 1.20. The fourth-order valence-corrected chi connectivity index (χ4v) is 4.58. The summed E-state index contributed by atoms with van der Waals surface area (Å²) in [7, 11) is 0. The average molecular weight is 586 g/mol. The van der Waals surface area contributed by atoms with Crippen molar-refractivity contribution in [3.63, 3.8) is 0 Å². The monoisotopic (exact) mass is 585 g/mol. The average Bonchev–Trinajstić information content (AvgIpc) is 3.11. The molecule has 0 saturated carbocycles. The highest BCUT2D eigenvalue weighted by Gasteiger charge is 2.36. The van der Waals surface area contributed by atoms with Crippen LogP contribution >= 0.6 is 27.7 Å². The van der Waals surface area contributed by atoms with Crippen LogP contribution in [0.3, 0.4) is 0 Å². The minimum absolute atomic E-state index is 0.0336. The molecule has 0 unspecified atom stereocenters. The van der Waals surface area contributed by atoms with Crippen molar-refractivity contribution in [3.8, 4) is 5.75 Å². The van der Waals surface area contributed by atoms with Crippen LogP contribution in [0.2, 0.25) is 0 Å². The van der Waals surface area contributed by atoms with E-state index < -0.39 is 34.3 Å². The standard InChI is InChI=1S/C25H17BrFN3O6S/c26-17-7-8-21(36-14-15-3-1-6-20(9-15)30(34)35)16(10-17)11-22-24(32)29(25(33)37-22)13-23(31)28-19-5-2-4-18(27)12-19/h1-12H,13-14H2,(H,28,31)/b22-11+. The number of rotatable bonds is 8. The number of halogens is 2. The minimum atomic E-state index is -0.658. The number of imide groups is 1. The number of amides is 3. The molecule has 0 aliphatic carbocycles. The third-order valence-electron chi connectivity index (χ3n) is 5.06.